The highest BCUT2D eigenvalue weighted by atomic mass is 32.1. The molecule has 0 fully saturated rings. The summed E-state index contributed by atoms with van der Waals surface area (Å²) in [5.74, 6) is -1.32. The van der Waals surface area contributed by atoms with Crippen molar-refractivity contribution < 1.29 is 14.0 Å². The van der Waals surface area contributed by atoms with Crippen molar-refractivity contribution in [2.75, 3.05) is 0 Å². The van der Waals surface area contributed by atoms with Gasteiger partial charge in [0, 0.05) is 10.9 Å². The van der Waals surface area contributed by atoms with E-state index in [4.69, 9.17) is 0 Å². The Hall–Kier alpha value is -2.28. The number of thiazole rings is 1. The van der Waals surface area contributed by atoms with E-state index >= 15 is 0 Å². The van der Waals surface area contributed by atoms with Gasteiger partial charge in [0.1, 0.15) is 11.9 Å². The van der Waals surface area contributed by atoms with Gasteiger partial charge in [0.2, 0.25) is 5.91 Å². The van der Waals surface area contributed by atoms with Crippen LogP contribution in [0.4, 0.5) is 4.39 Å². The van der Waals surface area contributed by atoms with Gasteiger partial charge >= 0.3 is 0 Å². The number of halogens is 1. The molecule has 1 aromatic carbocycles. The molecular weight excluding hydrogens is 293 g/mol. The van der Waals surface area contributed by atoms with E-state index in [0.29, 0.717) is 6.54 Å². The molecule has 0 unspecified atom stereocenters. The minimum atomic E-state index is -0.723. The lowest BCUT2D eigenvalue weighted by Gasteiger charge is -2.13. The summed E-state index contributed by atoms with van der Waals surface area (Å²) >= 11 is 1.44. The molecule has 110 valence electrons. The molecule has 1 aromatic heterocycles. The Kier molecular flexibility index (Phi) is 4.99. The molecule has 0 aliphatic carbocycles. The quantitative estimate of drug-likeness (QED) is 0.883. The number of aromatic nitrogens is 1. The number of amides is 2. The van der Waals surface area contributed by atoms with Gasteiger partial charge < -0.3 is 10.6 Å². The summed E-state index contributed by atoms with van der Waals surface area (Å²) < 4.78 is 13.0. The highest BCUT2D eigenvalue weighted by Crippen LogP contribution is 2.04. The molecule has 0 aliphatic rings. The molecule has 1 heterocycles. The van der Waals surface area contributed by atoms with Crippen molar-refractivity contribution in [3.63, 3.8) is 0 Å². The Morgan fingerprint density at radius 3 is 2.90 bits per heavy atom. The highest BCUT2D eigenvalue weighted by molar-refractivity contribution is 7.07. The maximum atomic E-state index is 13.0. The van der Waals surface area contributed by atoms with E-state index in [1.807, 2.05) is 5.38 Å². The standard InChI is InChI=1S/C14H14FN3O2S/c1-9(13(19)16-6-12-7-21-8-17-12)18-14(20)10-3-2-4-11(15)5-10/h2-5,7-9H,6H2,1H3,(H,16,19)(H,18,20)/t9-/m1/s1. The summed E-state index contributed by atoms with van der Waals surface area (Å²) in [7, 11) is 0. The van der Waals surface area contributed by atoms with Crippen molar-refractivity contribution in [2.24, 2.45) is 0 Å². The number of rotatable bonds is 5. The Balaban J connectivity index is 1.86. The number of carbonyl (C=O) groups is 2. The van der Waals surface area contributed by atoms with Gasteiger partial charge in [0.05, 0.1) is 17.7 Å². The summed E-state index contributed by atoms with van der Waals surface area (Å²) in [5, 5.41) is 7.02. The molecule has 2 amide bonds. The fourth-order valence-corrected chi connectivity index (χ4v) is 2.19. The van der Waals surface area contributed by atoms with Crippen LogP contribution in [0.25, 0.3) is 0 Å². The Morgan fingerprint density at radius 1 is 1.43 bits per heavy atom. The van der Waals surface area contributed by atoms with Crippen LogP contribution < -0.4 is 10.6 Å². The zero-order valence-electron chi connectivity index (χ0n) is 11.3. The minimum Gasteiger partial charge on any atom is -0.349 e. The first-order valence-electron chi connectivity index (χ1n) is 6.27. The second-order valence-electron chi connectivity index (χ2n) is 4.40. The molecule has 0 bridgehead atoms. The molecule has 5 nitrogen and oxygen atoms in total. The lowest BCUT2D eigenvalue weighted by atomic mass is 10.2. The Bertz CT molecular complexity index is 631. The third-order valence-corrected chi connectivity index (χ3v) is 3.39. The molecule has 1 atom stereocenters. The maximum Gasteiger partial charge on any atom is 0.252 e. The molecule has 2 aromatic rings. The largest absolute Gasteiger partial charge is 0.349 e. The second-order valence-corrected chi connectivity index (χ2v) is 5.12. The van der Waals surface area contributed by atoms with Gasteiger partial charge in [0.25, 0.3) is 5.91 Å². The number of nitrogens with one attached hydrogen (secondary N) is 2. The fourth-order valence-electron chi connectivity index (χ4n) is 1.63. The van der Waals surface area contributed by atoms with E-state index in [0.717, 1.165) is 11.8 Å². The van der Waals surface area contributed by atoms with Crippen LogP contribution in [-0.4, -0.2) is 22.8 Å². The van der Waals surface area contributed by atoms with E-state index in [-0.39, 0.29) is 11.5 Å². The molecule has 7 heteroatoms. The number of carbonyl (C=O) groups excluding carboxylic acids is 2. The van der Waals surface area contributed by atoms with Gasteiger partial charge in [-0.1, -0.05) is 6.07 Å². The topological polar surface area (TPSA) is 71.1 Å². The summed E-state index contributed by atoms with van der Waals surface area (Å²) in [4.78, 5) is 27.8. The van der Waals surface area contributed by atoms with Gasteiger partial charge in [-0.05, 0) is 25.1 Å². The molecule has 0 spiro atoms. The van der Waals surface area contributed by atoms with Gasteiger partial charge in [-0.15, -0.1) is 11.3 Å². The third kappa shape index (κ3) is 4.35. The van der Waals surface area contributed by atoms with Crippen LogP contribution in [0, 0.1) is 5.82 Å². The van der Waals surface area contributed by atoms with E-state index < -0.39 is 17.8 Å². The van der Waals surface area contributed by atoms with Crippen molar-refractivity contribution in [2.45, 2.75) is 19.5 Å². The van der Waals surface area contributed by atoms with Gasteiger partial charge in [0.15, 0.2) is 0 Å². The van der Waals surface area contributed by atoms with Crippen LogP contribution in [-0.2, 0) is 11.3 Å². The Morgan fingerprint density at radius 2 is 2.24 bits per heavy atom. The average molecular weight is 307 g/mol. The van der Waals surface area contributed by atoms with Crippen LogP contribution in [0.3, 0.4) is 0 Å². The van der Waals surface area contributed by atoms with Crippen LogP contribution >= 0.6 is 11.3 Å². The molecule has 0 saturated carbocycles. The van der Waals surface area contributed by atoms with Gasteiger partial charge in [-0.25, -0.2) is 9.37 Å². The van der Waals surface area contributed by atoms with E-state index in [1.165, 1.54) is 29.5 Å². The Labute approximate surface area is 125 Å². The lowest BCUT2D eigenvalue weighted by Crippen LogP contribution is -2.44. The van der Waals surface area contributed by atoms with Crippen molar-refractivity contribution in [3.05, 3.63) is 52.2 Å². The first-order chi connectivity index (χ1) is 10.1. The van der Waals surface area contributed by atoms with Crippen molar-refractivity contribution in [3.8, 4) is 0 Å². The van der Waals surface area contributed by atoms with Gasteiger partial charge in [-0.2, -0.15) is 0 Å². The van der Waals surface area contributed by atoms with E-state index in [9.17, 15) is 14.0 Å². The molecule has 2 rings (SSSR count). The lowest BCUT2D eigenvalue weighted by molar-refractivity contribution is -0.122. The monoisotopic (exact) mass is 307 g/mol. The van der Waals surface area contributed by atoms with Gasteiger partial charge in [-0.3, -0.25) is 9.59 Å². The molecule has 21 heavy (non-hydrogen) atoms. The number of hydrogen-bond acceptors (Lipinski definition) is 4. The predicted molar refractivity (Wildman–Crippen MR) is 77.3 cm³/mol. The first kappa shape index (κ1) is 15.1. The van der Waals surface area contributed by atoms with E-state index in [1.54, 1.807) is 12.4 Å². The summed E-state index contributed by atoms with van der Waals surface area (Å²) in [6.45, 7) is 1.87. The van der Waals surface area contributed by atoms with E-state index in [2.05, 4.69) is 15.6 Å². The zero-order chi connectivity index (χ0) is 15.2. The molecule has 0 radical (unpaired) electrons. The molecule has 0 aliphatic heterocycles. The predicted octanol–water partition coefficient (Wildman–Crippen LogP) is 1.72. The number of hydrogen-bond donors (Lipinski definition) is 2. The maximum absolute atomic E-state index is 13.0. The van der Waals surface area contributed by atoms with Crippen molar-refractivity contribution >= 4 is 23.2 Å². The summed E-state index contributed by atoms with van der Waals surface area (Å²) in [6.07, 6.45) is 0. The zero-order valence-corrected chi connectivity index (χ0v) is 12.1. The smallest absolute Gasteiger partial charge is 0.252 e. The van der Waals surface area contributed by atoms with Crippen LogP contribution in [0.5, 0.6) is 0 Å². The molecule has 2 N–H and O–H groups in total. The normalized spacial score (nSPS) is 11.7. The molecule has 0 saturated heterocycles. The van der Waals surface area contributed by atoms with Crippen LogP contribution in [0.2, 0.25) is 0 Å². The van der Waals surface area contributed by atoms with Crippen LogP contribution in [0.15, 0.2) is 35.2 Å². The fraction of sp³-hybridized carbons (Fsp3) is 0.214. The van der Waals surface area contributed by atoms with Crippen molar-refractivity contribution in [1.82, 2.24) is 15.6 Å². The summed E-state index contributed by atoms with van der Waals surface area (Å²) in [6, 6.07) is 4.57. The van der Waals surface area contributed by atoms with Crippen LogP contribution in [0.1, 0.15) is 23.0 Å². The number of nitrogens with zero attached hydrogens (tertiary/aromatic N) is 1. The average Bonchev–Trinajstić information content (AvgIpc) is 2.97. The SMILES string of the molecule is C[C@@H](NC(=O)c1cccc(F)c1)C(=O)NCc1cscn1. The first-order valence-corrected chi connectivity index (χ1v) is 7.22. The van der Waals surface area contributed by atoms with Crippen molar-refractivity contribution in [1.29, 1.82) is 0 Å². The minimum absolute atomic E-state index is 0.175. The number of benzene rings is 1. The third-order valence-electron chi connectivity index (χ3n) is 2.75. The molecular formula is C14H14FN3O2S. The second kappa shape index (κ2) is 6.94. The summed E-state index contributed by atoms with van der Waals surface area (Å²) in [5.41, 5.74) is 2.61. The highest BCUT2D eigenvalue weighted by Gasteiger charge is 2.16.